The highest BCUT2D eigenvalue weighted by molar-refractivity contribution is 6.32. The molecule has 0 heterocycles. The van der Waals surface area contributed by atoms with Crippen LogP contribution in [-0.2, 0) is 4.74 Å². The third kappa shape index (κ3) is 4.58. The Balaban J connectivity index is 1.93. The lowest BCUT2D eigenvalue weighted by Gasteiger charge is -2.08. The smallest absolute Gasteiger partial charge is 0.345 e. The summed E-state index contributed by atoms with van der Waals surface area (Å²) < 4.78 is 10.3. The second-order valence-corrected chi connectivity index (χ2v) is 5.18. The van der Waals surface area contributed by atoms with Gasteiger partial charge in [0, 0.05) is 11.1 Å². The van der Waals surface area contributed by atoms with Gasteiger partial charge < -0.3 is 9.47 Å². The molecule has 0 aromatic heterocycles. The molecule has 2 aromatic rings. The number of nitro benzene ring substituents is 1. The Bertz CT molecular complexity index is 736. The molecule has 23 heavy (non-hydrogen) atoms. The van der Waals surface area contributed by atoms with Gasteiger partial charge in [0.1, 0.15) is 24.5 Å². The van der Waals surface area contributed by atoms with E-state index in [-0.39, 0.29) is 23.8 Å². The number of nitro groups is 1. The number of para-hydroxylation sites is 1. The summed E-state index contributed by atoms with van der Waals surface area (Å²) in [5.41, 5.74) is -0.577. The number of ether oxygens (including phenoxy) is 2. The number of carbonyl (C=O) groups excluding carboxylic acids is 1. The normalized spacial score (nSPS) is 10.2. The molecular weight excluding hydrogens is 345 g/mol. The van der Waals surface area contributed by atoms with Crippen LogP contribution in [0.15, 0.2) is 42.5 Å². The zero-order chi connectivity index (χ0) is 16.8. The standard InChI is InChI=1S/C15H11Cl2NO5/c16-10-5-6-11(13(9-10)18(20)21)15(19)23-8-7-22-14-4-2-1-3-12(14)17/h1-6,9H,7-8H2. The summed E-state index contributed by atoms with van der Waals surface area (Å²) in [5.74, 6) is -0.362. The molecule has 0 spiro atoms. The number of rotatable bonds is 6. The van der Waals surface area contributed by atoms with Gasteiger partial charge in [-0.25, -0.2) is 4.79 Å². The Hall–Kier alpha value is -2.31. The highest BCUT2D eigenvalue weighted by Gasteiger charge is 2.21. The summed E-state index contributed by atoms with van der Waals surface area (Å²) in [6, 6.07) is 10.6. The van der Waals surface area contributed by atoms with Crippen LogP contribution < -0.4 is 4.74 Å². The van der Waals surface area contributed by atoms with Crippen molar-refractivity contribution in [3.63, 3.8) is 0 Å². The van der Waals surface area contributed by atoms with Gasteiger partial charge in [0.2, 0.25) is 0 Å². The molecule has 120 valence electrons. The van der Waals surface area contributed by atoms with Crippen LogP contribution in [0.1, 0.15) is 10.4 Å². The number of benzene rings is 2. The molecule has 0 atom stereocenters. The van der Waals surface area contributed by atoms with Crippen LogP contribution in [0.3, 0.4) is 0 Å². The summed E-state index contributed by atoms with van der Waals surface area (Å²) in [6.07, 6.45) is 0. The molecule has 0 unspecified atom stereocenters. The van der Waals surface area contributed by atoms with Crippen molar-refractivity contribution in [1.82, 2.24) is 0 Å². The minimum Gasteiger partial charge on any atom is -0.488 e. The van der Waals surface area contributed by atoms with Gasteiger partial charge in [-0.15, -0.1) is 0 Å². The lowest BCUT2D eigenvalue weighted by molar-refractivity contribution is -0.385. The first-order valence-corrected chi connectivity index (χ1v) is 7.23. The molecule has 2 aromatic carbocycles. The Morgan fingerprint density at radius 3 is 2.57 bits per heavy atom. The van der Waals surface area contributed by atoms with Crippen LogP contribution in [0.2, 0.25) is 10.0 Å². The fourth-order valence-electron chi connectivity index (χ4n) is 1.75. The predicted octanol–water partition coefficient (Wildman–Crippen LogP) is 4.14. The van der Waals surface area contributed by atoms with E-state index >= 15 is 0 Å². The van der Waals surface area contributed by atoms with Crippen molar-refractivity contribution >= 4 is 34.9 Å². The van der Waals surface area contributed by atoms with Crippen LogP contribution in [0.25, 0.3) is 0 Å². The number of hydrogen-bond donors (Lipinski definition) is 0. The van der Waals surface area contributed by atoms with E-state index in [1.807, 2.05) is 0 Å². The minimum atomic E-state index is -0.823. The van der Waals surface area contributed by atoms with Crippen LogP contribution in [0.5, 0.6) is 5.75 Å². The molecule has 0 N–H and O–H groups in total. The van der Waals surface area contributed by atoms with E-state index in [9.17, 15) is 14.9 Å². The summed E-state index contributed by atoms with van der Waals surface area (Å²) in [6.45, 7) is -0.0132. The number of halogens is 2. The Morgan fingerprint density at radius 1 is 1.13 bits per heavy atom. The number of nitrogens with zero attached hydrogens (tertiary/aromatic N) is 1. The topological polar surface area (TPSA) is 78.7 Å². The van der Waals surface area contributed by atoms with Crippen molar-refractivity contribution in [2.45, 2.75) is 0 Å². The van der Waals surface area contributed by atoms with Crippen molar-refractivity contribution in [1.29, 1.82) is 0 Å². The summed E-state index contributed by atoms with van der Waals surface area (Å²) in [4.78, 5) is 22.1. The molecule has 0 bridgehead atoms. The van der Waals surface area contributed by atoms with Crippen LogP contribution in [0, 0.1) is 10.1 Å². The van der Waals surface area contributed by atoms with Crippen LogP contribution in [0.4, 0.5) is 5.69 Å². The van der Waals surface area contributed by atoms with E-state index in [2.05, 4.69) is 0 Å². The molecule has 0 aliphatic rings. The second kappa shape index (κ2) is 7.80. The van der Waals surface area contributed by atoms with Crippen LogP contribution >= 0.6 is 23.2 Å². The molecule has 0 aliphatic heterocycles. The molecular formula is C15H11Cl2NO5. The van der Waals surface area contributed by atoms with Gasteiger partial charge in [0.15, 0.2) is 0 Å². The molecule has 0 saturated carbocycles. The largest absolute Gasteiger partial charge is 0.488 e. The van der Waals surface area contributed by atoms with E-state index in [4.69, 9.17) is 32.7 Å². The fraction of sp³-hybridized carbons (Fsp3) is 0.133. The number of esters is 1. The van der Waals surface area contributed by atoms with Crippen LogP contribution in [-0.4, -0.2) is 24.1 Å². The number of hydrogen-bond acceptors (Lipinski definition) is 5. The molecule has 0 amide bonds. The number of carbonyl (C=O) groups is 1. The first-order valence-electron chi connectivity index (χ1n) is 6.47. The maximum absolute atomic E-state index is 11.9. The molecule has 0 saturated heterocycles. The van der Waals surface area contributed by atoms with Gasteiger partial charge in [-0.1, -0.05) is 35.3 Å². The maximum Gasteiger partial charge on any atom is 0.345 e. The molecule has 0 aliphatic carbocycles. The van der Waals surface area contributed by atoms with Gasteiger partial charge in [0.25, 0.3) is 5.69 Å². The van der Waals surface area contributed by atoms with E-state index in [0.717, 1.165) is 6.07 Å². The van der Waals surface area contributed by atoms with E-state index in [0.29, 0.717) is 10.8 Å². The Labute approximate surface area is 141 Å². The molecule has 8 heteroatoms. The molecule has 0 fully saturated rings. The van der Waals surface area contributed by atoms with Gasteiger partial charge >= 0.3 is 5.97 Å². The van der Waals surface area contributed by atoms with E-state index < -0.39 is 16.6 Å². The van der Waals surface area contributed by atoms with Crippen molar-refractivity contribution in [3.05, 3.63) is 68.2 Å². The lowest BCUT2D eigenvalue weighted by Crippen LogP contribution is -2.13. The highest BCUT2D eigenvalue weighted by Crippen LogP contribution is 2.24. The molecule has 6 nitrogen and oxygen atoms in total. The predicted molar refractivity (Wildman–Crippen MR) is 85.3 cm³/mol. The zero-order valence-corrected chi connectivity index (χ0v) is 13.2. The third-order valence-electron chi connectivity index (χ3n) is 2.79. The van der Waals surface area contributed by atoms with E-state index in [1.165, 1.54) is 12.1 Å². The first kappa shape index (κ1) is 17.1. The fourth-order valence-corrected chi connectivity index (χ4v) is 2.11. The van der Waals surface area contributed by atoms with Crippen molar-refractivity contribution in [2.75, 3.05) is 13.2 Å². The van der Waals surface area contributed by atoms with Gasteiger partial charge in [-0.05, 0) is 24.3 Å². The Kier molecular flexibility index (Phi) is 5.78. The molecule has 2 rings (SSSR count). The zero-order valence-electron chi connectivity index (χ0n) is 11.7. The Morgan fingerprint density at radius 2 is 1.87 bits per heavy atom. The van der Waals surface area contributed by atoms with Gasteiger partial charge in [-0.2, -0.15) is 0 Å². The van der Waals surface area contributed by atoms with Crippen molar-refractivity contribution in [3.8, 4) is 5.75 Å². The monoisotopic (exact) mass is 355 g/mol. The lowest BCUT2D eigenvalue weighted by atomic mass is 10.2. The summed E-state index contributed by atoms with van der Waals surface area (Å²) >= 11 is 11.6. The quantitative estimate of drug-likeness (QED) is 0.336. The average Bonchev–Trinajstić information content (AvgIpc) is 2.52. The maximum atomic E-state index is 11.9. The summed E-state index contributed by atoms with van der Waals surface area (Å²) in [5, 5.41) is 11.5. The van der Waals surface area contributed by atoms with Crippen molar-refractivity contribution in [2.24, 2.45) is 0 Å². The third-order valence-corrected chi connectivity index (χ3v) is 3.33. The SMILES string of the molecule is O=C(OCCOc1ccccc1Cl)c1ccc(Cl)cc1[N+](=O)[O-]. The van der Waals surface area contributed by atoms with E-state index in [1.54, 1.807) is 24.3 Å². The van der Waals surface area contributed by atoms with Crippen molar-refractivity contribution < 1.29 is 19.2 Å². The highest BCUT2D eigenvalue weighted by atomic mass is 35.5. The van der Waals surface area contributed by atoms with Gasteiger partial charge in [0.05, 0.1) is 9.95 Å². The minimum absolute atomic E-state index is 0.0663. The van der Waals surface area contributed by atoms with Gasteiger partial charge in [-0.3, -0.25) is 10.1 Å². The second-order valence-electron chi connectivity index (χ2n) is 4.33. The first-order chi connectivity index (χ1) is 11.0. The average molecular weight is 356 g/mol. The summed E-state index contributed by atoms with van der Waals surface area (Å²) in [7, 11) is 0. The molecule has 0 radical (unpaired) electrons.